The Morgan fingerprint density at radius 2 is 1.98 bits per heavy atom. The van der Waals surface area contributed by atoms with Crippen molar-refractivity contribution in [2.45, 2.75) is 64.3 Å². The minimum absolute atomic E-state index is 0.00342. The fourth-order valence-electron chi connectivity index (χ4n) is 4.11. The second-order valence-corrected chi connectivity index (χ2v) is 11.2. The summed E-state index contributed by atoms with van der Waals surface area (Å²) in [6.45, 7) is 8.96. The monoisotopic (exact) mass is 595 g/mol. The number of ether oxygens (including phenoxy) is 4. The van der Waals surface area contributed by atoms with E-state index in [4.69, 9.17) is 28.0 Å². The van der Waals surface area contributed by atoms with Crippen molar-refractivity contribution in [3.05, 3.63) is 87.4 Å². The van der Waals surface area contributed by atoms with Crippen LogP contribution in [0.1, 0.15) is 40.3 Å². The van der Waals surface area contributed by atoms with E-state index in [0.717, 1.165) is 23.8 Å². The molecule has 15 heteroatoms. The predicted octanol–water partition coefficient (Wildman–Crippen LogP) is 3.42. The normalized spacial score (nSPS) is 28.3. The molecule has 2 aliphatic heterocycles. The smallest absolute Gasteiger partial charge is 0.456 e. The van der Waals surface area contributed by atoms with Crippen molar-refractivity contribution in [2.75, 3.05) is 6.61 Å². The van der Waals surface area contributed by atoms with Crippen LogP contribution in [-0.4, -0.2) is 46.1 Å². The average Bonchev–Trinajstić information content (AvgIpc) is 3.38. The summed E-state index contributed by atoms with van der Waals surface area (Å²) in [4.78, 5) is 38.2. The van der Waals surface area contributed by atoms with Gasteiger partial charge in [-0.3, -0.25) is 28.8 Å². The first-order valence-corrected chi connectivity index (χ1v) is 14.2. The molecule has 0 amide bonds. The topological polar surface area (TPSA) is 156 Å². The molecule has 1 aromatic carbocycles. The predicted molar refractivity (Wildman–Crippen MR) is 142 cm³/mol. The molecule has 2 N–H and O–H groups in total. The van der Waals surface area contributed by atoms with E-state index in [1.807, 2.05) is 4.98 Å². The summed E-state index contributed by atoms with van der Waals surface area (Å²) in [7, 11) is -4.32. The molecule has 3 heterocycles. The van der Waals surface area contributed by atoms with Gasteiger partial charge >= 0.3 is 25.4 Å². The standard InChI is InChI=1S/C26H31FN3O10P/c1-6-21(32)39-22-19(38-24(26(22,5)27)30-13-12-20(31)28-25(30)33)14-35-41(34,40-18-10-8-7-9-11-18)29-15(2)23-36-16(3)17(4)37-23/h7-13,17,19,22,24H,3,6,14H2,1-2,4-5H3,(H,29,34)(H,28,31,33)/b23-15+/t17?,19-,22-,24-,26-,41?/m1/s1. The Bertz CT molecular complexity index is 1490. The number of rotatable bonds is 10. The van der Waals surface area contributed by atoms with Crippen LogP contribution in [0, 0.1) is 0 Å². The van der Waals surface area contributed by atoms with Crippen molar-refractivity contribution in [2.24, 2.45) is 0 Å². The van der Waals surface area contributed by atoms with E-state index in [1.165, 1.54) is 13.8 Å². The van der Waals surface area contributed by atoms with Crippen LogP contribution < -0.4 is 20.9 Å². The quantitative estimate of drug-likeness (QED) is 0.307. The van der Waals surface area contributed by atoms with Gasteiger partial charge in [0, 0.05) is 18.7 Å². The number of allylic oxidation sites excluding steroid dienone is 1. The molecule has 222 valence electrons. The molecule has 4 rings (SSSR count). The number of carbonyl (C=O) groups excluding carboxylic acids is 1. The van der Waals surface area contributed by atoms with Gasteiger partial charge in [-0.2, -0.15) is 0 Å². The van der Waals surface area contributed by atoms with Gasteiger partial charge in [0.2, 0.25) is 0 Å². The van der Waals surface area contributed by atoms with Crippen LogP contribution in [0.5, 0.6) is 5.75 Å². The van der Waals surface area contributed by atoms with Crippen LogP contribution >= 0.6 is 7.75 Å². The summed E-state index contributed by atoms with van der Waals surface area (Å²) < 4.78 is 64.6. The Labute approximate surface area is 234 Å². The Morgan fingerprint density at radius 1 is 1.27 bits per heavy atom. The third-order valence-electron chi connectivity index (χ3n) is 6.28. The summed E-state index contributed by atoms with van der Waals surface area (Å²) in [5, 5.41) is 2.64. The van der Waals surface area contributed by atoms with Gasteiger partial charge in [0.15, 0.2) is 24.1 Å². The van der Waals surface area contributed by atoms with Crippen LogP contribution in [0.4, 0.5) is 4.39 Å². The fraction of sp³-hybridized carbons (Fsp3) is 0.423. The number of para-hydroxylation sites is 1. The number of benzene rings is 1. The first-order chi connectivity index (χ1) is 19.3. The summed E-state index contributed by atoms with van der Waals surface area (Å²) in [6.07, 6.45) is -4.04. The molecular formula is C26H31FN3O10P. The van der Waals surface area contributed by atoms with E-state index in [-0.39, 0.29) is 23.8 Å². The molecule has 2 fully saturated rings. The van der Waals surface area contributed by atoms with Gasteiger partial charge in [0.1, 0.15) is 17.6 Å². The van der Waals surface area contributed by atoms with Crippen molar-refractivity contribution < 1.29 is 41.7 Å². The van der Waals surface area contributed by atoms with Crippen LogP contribution in [0.25, 0.3) is 0 Å². The Morgan fingerprint density at radius 3 is 2.59 bits per heavy atom. The summed E-state index contributed by atoms with van der Waals surface area (Å²) in [5.74, 6) is -0.217. The van der Waals surface area contributed by atoms with Gasteiger partial charge in [-0.25, -0.2) is 13.8 Å². The molecule has 0 aliphatic carbocycles. The lowest BCUT2D eigenvalue weighted by Gasteiger charge is -2.28. The molecule has 1 aromatic heterocycles. The van der Waals surface area contributed by atoms with Crippen molar-refractivity contribution in [3.63, 3.8) is 0 Å². The number of carbonyl (C=O) groups is 1. The second kappa shape index (κ2) is 11.9. The van der Waals surface area contributed by atoms with Crippen LogP contribution in [0.2, 0.25) is 0 Å². The second-order valence-electron chi connectivity index (χ2n) is 9.51. The number of hydrogen-bond donors (Lipinski definition) is 2. The molecule has 2 aliphatic rings. The Balaban J connectivity index is 1.63. The molecule has 0 saturated carbocycles. The zero-order valence-electron chi connectivity index (χ0n) is 22.8. The maximum Gasteiger partial charge on any atom is 0.486 e. The number of nitrogens with one attached hydrogen (secondary N) is 2. The zero-order valence-corrected chi connectivity index (χ0v) is 23.7. The van der Waals surface area contributed by atoms with Gasteiger partial charge in [0.25, 0.3) is 5.56 Å². The number of esters is 1. The molecule has 0 radical (unpaired) electrons. The van der Waals surface area contributed by atoms with Gasteiger partial charge < -0.3 is 23.5 Å². The summed E-state index contributed by atoms with van der Waals surface area (Å²) in [5.41, 5.74) is -3.95. The van der Waals surface area contributed by atoms with Crippen LogP contribution in [0.3, 0.4) is 0 Å². The molecule has 6 atom stereocenters. The number of H-pyrrole nitrogens is 1. The number of nitrogens with zero attached hydrogens (tertiary/aromatic N) is 1. The number of alkyl halides is 1. The van der Waals surface area contributed by atoms with E-state index >= 15 is 4.39 Å². The first kappa shape index (κ1) is 30.1. The van der Waals surface area contributed by atoms with Gasteiger partial charge in [-0.15, -0.1) is 0 Å². The number of halogens is 1. The lowest BCUT2D eigenvalue weighted by molar-refractivity contribution is -0.157. The third kappa shape index (κ3) is 6.72. The number of aromatic amines is 1. The van der Waals surface area contributed by atoms with Crippen molar-refractivity contribution >= 4 is 13.7 Å². The van der Waals surface area contributed by atoms with E-state index in [9.17, 15) is 18.9 Å². The number of hydrogen-bond acceptors (Lipinski definition) is 10. The van der Waals surface area contributed by atoms with E-state index in [2.05, 4.69) is 11.7 Å². The largest absolute Gasteiger partial charge is 0.486 e. The highest BCUT2D eigenvalue weighted by atomic mass is 31.2. The summed E-state index contributed by atoms with van der Waals surface area (Å²) >= 11 is 0. The average molecular weight is 596 g/mol. The van der Waals surface area contributed by atoms with Crippen molar-refractivity contribution in [3.8, 4) is 5.75 Å². The number of aromatic nitrogens is 2. The minimum atomic E-state index is -4.32. The lowest BCUT2D eigenvalue weighted by Crippen LogP contribution is -2.46. The van der Waals surface area contributed by atoms with Crippen LogP contribution in [-0.2, 0) is 32.8 Å². The maximum absolute atomic E-state index is 16.2. The van der Waals surface area contributed by atoms with E-state index < -0.39 is 61.8 Å². The van der Waals surface area contributed by atoms with Gasteiger partial charge in [-0.1, -0.05) is 31.7 Å². The van der Waals surface area contributed by atoms with Crippen molar-refractivity contribution in [1.82, 2.24) is 14.6 Å². The molecular weight excluding hydrogens is 564 g/mol. The molecule has 13 nitrogen and oxygen atoms in total. The van der Waals surface area contributed by atoms with Crippen LogP contribution in [0.15, 0.2) is 76.2 Å². The first-order valence-electron chi connectivity index (χ1n) is 12.7. The molecule has 41 heavy (non-hydrogen) atoms. The highest BCUT2D eigenvalue weighted by molar-refractivity contribution is 7.52. The fourth-order valence-corrected chi connectivity index (χ4v) is 5.52. The Hall–Kier alpha value is -3.87. The van der Waals surface area contributed by atoms with E-state index in [0.29, 0.717) is 5.76 Å². The lowest BCUT2D eigenvalue weighted by atomic mass is 9.98. The molecule has 2 unspecified atom stereocenters. The minimum Gasteiger partial charge on any atom is -0.456 e. The van der Waals surface area contributed by atoms with Crippen molar-refractivity contribution in [1.29, 1.82) is 0 Å². The molecule has 2 aromatic rings. The molecule has 0 spiro atoms. The third-order valence-corrected chi connectivity index (χ3v) is 7.83. The highest BCUT2D eigenvalue weighted by Crippen LogP contribution is 2.49. The Kier molecular flexibility index (Phi) is 8.76. The molecule has 2 saturated heterocycles. The summed E-state index contributed by atoms with van der Waals surface area (Å²) in [6, 6.07) is 9.14. The molecule has 0 bridgehead atoms. The van der Waals surface area contributed by atoms with Gasteiger partial charge in [0.05, 0.1) is 12.3 Å². The SMILES string of the molecule is C=C1O/C(=C(/C)NP(=O)(OC[C@H]2O[C@@H](n3ccc(=O)[nH]c3=O)[C@](C)(F)[C@@H]2OC(=O)CC)Oc2ccccc2)OC1C. The van der Waals surface area contributed by atoms with E-state index in [1.54, 1.807) is 37.3 Å². The maximum atomic E-state index is 16.2. The van der Waals surface area contributed by atoms with Gasteiger partial charge in [-0.05, 0) is 32.9 Å². The highest BCUT2D eigenvalue weighted by Gasteiger charge is 2.58. The zero-order chi connectivity index (χ0) is 29.9.